The Kier molecular flexibility index (Phi) is 3.87. The number of fused-ring (bicyclic) bond motifs is 3. The Morgan fingerprint density at radius 2 is 1.70 bits per heavy atom. The Morgan fingerprint density at radius 1 is 0.870 bits per heavy atom. The maximum atomic E-state index is 2.47. The minimum Gasteiger partial charge on any atom is -0.122 e. The molecule has 1 aliphatic heterocycles. The molecule has 120 valence electrons. The molecular formula is C21H25S2+. The van der Waals surface area contributed by atoms with Crippen LogP contribution >= 0.6 is 11.8 Å². The van der Waals surface area contributed by atoms with Gasteiger partial charge in [-0.3, -0.25) is 0 Å². The second-order valence-corrected chi connectivity index (χ2v) is 11.2. The average molecular weight is 342 g/mol. The zero-order valence-electron chi connectivity index (χ0n) is 13.7. The SMILES string of the molecule is c1cc2cc([S+]3CCCC3)ccc2cc1SC1CC2CCC1C2. The van der Waals surface area contributed by atoms with Gasteiger partial charge in [0.05, 0.1) is 0 Å². The van der Waals surface area contributed by atoms with Gasteiger partial charge >= 0.3 is 0 Å². The highest BCUT2D eigenvalue weighted by molar-refractivity contribution is 8.00. The van der Waals surface area contributed by atoms with Crippen molar-refractivity contribution in [3.63, 3.8) is 0 Å². The third kappa shape index (κ3) is 2.82. The summed E-state index contributed by atoms with van der Waals surface area (Å²) in [6.07, 6.45) is 8.83. The summed E-state index contributed by atoms with van der Waals surface area (Å²) in [5, 5.41) is 3.77. The van der Waals surface area contributed by atoms with Crippen LogP contribution in [0.1, 0.15) is 38.5 Å². The van der Waals surface area contributed by atoms with Crippen molar-refractivity contribution in [2.24, 2.45) is 11.8 Å². The Labute approximate surface area is 146 Å². The lowest BCUT2D eigenvalue weighted by molar-refractivity contribution is 0.492. The molecule has 2 aromatic rings. The van der Waals surface area contributed by atoms with Crippen LogP contribution in [-0.4, -0.2) is 16.8 Å². The first-order valence-electron chi connectivity index (χ1n) is 9.23. The smallest absolute Gasteiger partial charge is 0.122 e. The second-order valence-electron chi connectivity index (χ2n) is 7.61. The Balaban J connectivity index is 1.38. The number of hydrogen-bond donors (Lipinski definition) is 0. The summed E-state index contributed by atoms with van der Waals surface area (Å²) in [4.78, 5) is 3.09. The molecule has 0 amide bonds. The van der Waals surface area contributed by atoms with Gasteiger partial charge in [0.15, 0.2) is 4.90 Å². The van der Waals surface area contributed by atoms with Crippen LogP contribution in [0.4, 0.5) is 0 Å². The minimum atomic E-state index is 0.538. The predicted octanol–water partition coefficient (Wildman–Crippen LogP) is 5.89. The first-order valence-corrected chi connectivity index (χ1v) is 11.7. The van der Waals surface area contributed by atoms with E-state index in [9.17, 15) is 0 Å². The third-order valence-electron chi connectivity index (χ3n) is 6.11. The van der Waals surface area contributed by atoms with Crippen LogP contribution in [0, 0.1) is 11.8 Å². The number of thioether (sulfide) groups is 1. The van der Waals surface area contributed by atoms with Crippen LogP contribution in [0.15, 0.2) is 46.2 Å². The van der Waals surface area contributed by atoms with Crippen molar-refractivity contribution >= 4 is 33.4 Å². The van der Waals surface area contributed by atoms with E-state index >= 15 is 0 Å². The fourth-order valence-electron chi connectivity index (χ4n) is 4.85. The topological polar surface area (TPSA) is 0 Å². The fraction of sp³-hybridized carbons (Fsp3) is 0.524. The first-order chi connectivity index (χ1) is 11.3. The standard InChI is InChI=1S/C21H25S2/c1-2-10-23(9-1)20-8-6-16-13-19(7-5-17(16)14-20)22-21-12-15-3-4-18(21)11-15/h5-8,13-15,18,21H,1-4,9-12H2/q+1. The van der Waals surface area contributed by atoms with Gasteiger partial charge in [-0.2, -0.15) is 0 Å². The molecule has 2 aliphatic carbocycles. The van der Waals surface area contributed by atoms with E-state index in [-0.39, 0.29) is 0 Å². The van der Waals surface area contributed by atoms with Crippen LogP contribution in [0.2, 0.25) is 0 Å². The van der Waals surface area contributed by atoms with Crippen LogP contribution < -0.4 is 0 Å². The highest BCUT2D eigenvalue weighted by Gasteiger charge is 2.39. The van der Waals surface area contributed by atoms with Crippen LogP contribution in [-0.2, 0) is 10.9 Å². The van der Waals surface area contributed by atoms with Crippen molar-refractivity contribution < 1.29 is 0 Å². The molecule has 2 saturated carbocycles. The van der Waals surface area contributed by atoms with E-state index in [2.05, 4.69) is 48.2 Å². The van der Waals surface area contributed by atoms with Crippen molar-refractivity contribution in [1.29, 1.82) is 0 Å². The third-order valence-corrected chi connectivity index (χ3v) is 10.00. The van der Waals surface area contributed by atoms with E-state index in [1.54, 1.807) is 4.90 Å². The summed E-state index contributed by atoms with van der Waals surface area (Å²) in [6, 6.07) is 14.4. The Bertz CT molecular complexity index is 717. The molecule has 2 bridgehead atoms. The normalized spacial score (nSPS) is 30.5. The summed E-state index contributed by atoms with van der Waals surface area (Å²) in [5.74, 6) is 4.90. The van der Waals surface area contributed by atoms with Gasteiger partial charge in [0.1, 0.15) is 11.5 Å². The number of rotatable bonds is 3. The Hall–Kier alpha value is -0.600. The van der Waals surface area contributed by atoms with Crippen LogP contribution in [0.3, 0.4) is 0 Å². The van der Waals surface area contributed by atoms with Gasteiger partial charge in [0.25, 0.3) is 0 Å². The summed E-state index contributed by atoms with van der Waals surface area (Å²) in [7, 11) is 0.538. The van der Waals surface area contributed by atoms with E-state index < -0.39 is 0 Å². The molecule has 0 radical (unpaired) electrons. The van der Waals surface area contributed by atoms with E-state index in [0.717, 1.165) is 17.1 Å². The summed E-state index contributed by atoms with van der Waals surface area (Å²) in [5.41, 5.74) is 0. The van der Waals surface area contributed by atoms with Gasteiger partial charge < -0.3 is 0 Å². The molecule has 5 rings (SSSR count). The molecule has 2 heteroatoms. The molecule has 3 fully saturated rings. The predicted molar refractivity (Wildman–Crippen MR) is 104 cm³/mol. The van der Waals surface area contributed by atoms with Crippen molar-refractivity contribution in [2.75, 3.05) is 11.5 Å². The zero-order valence-corrected chi connectivity index (χ0v) is 15.3. The quantitative estimate of drug-likeness (QED) is 0.627. The molecule has 3 aliphatic rings. The van der Waals surface area contributed by atoms with Gasteiger partial charge in [0, 0.05) is 27.1 Å². The summed E-state index contributed by atoms with van der Waals surface area (Å²) >= 11 is 2.16. The van der Waals surface area contributed by atoms with E-state index in [1.807, 2.05) is 0 Å². The van der Waals surface area contributed by atoms with E-state index in [4.69, 9.17) is 0 Å². The molecular weight excluding hydrogens is 316 g/mol. The van der Waals surface area contributed by atoms with Crippen LogP contribution in [0.5, 0.6) is 0 Å². The molecule has 1 saturated heterocycles. The number of benzene rings is 2. The molecule has 23 heavy (non-hydrogen) atoms. The molecule has 0 nitrogen and oxygen atoms in total. The van der Waals surface area contributed by atoms with E-state index in [0.29, 0.717) is 10.9 Å². The molecule has 3 atom stereocenters. The lowest BCUT2D eigenvalue weighted by atomic mass is 10.0. The second kappa shape index (κ2) is 6.04. The largest absolute Gasteiger partial charge is 0.155 e. The van der Waals surface area contributed by atoms with Crippen molar-refractivity contribution in [2.45, 2.75) is 53.6 Å². The summed E-state index contributed by atoms with van der Waals surface area (Å²) < 4.78 is 0. The minimum absolute atomic E-state index is 0.538. The van der Waals surface area contributed by atoms with Gasteiger partial charge in [0.2, 0.25) is 0 Å². The highest BCUT2D eigenvalue weighted by atomic mass is 32.2. The zero-order chi connectivity index (χ0) is 15.2. The van der Waals surface area contributed by atoms with Crippen molar-refractivity contribution in [1.82, 2.24) is 0 Å². The fourth-order valence-corrected chi connectivity index (χ4v) is 8.68. The van der Waals surface area contributed by atoms with Gasteiger partial charge in [-0.1, -0.05) is 12.5 Å². The molecule has 3 unspecified atom stereocenters. The lowest BCUT2D eigenvalue weighted by Gasteiger charge is -2.21. The Morgan fingerprint density at radius 3 is 2.48 bits per heavy atom. The molecule has 0 spiro atoms. The van der Waals surface area contributed by atoms with Crippen LogP contribution in [0.25, 0.3) is 10.8 Å². The molecule has 0 aromatic heterocycles. The molecule has 1 heterocycles. The van der Waals surface area contributed by atoms with Gasteiger partial charge in [-0.05, 0) is 79.0 Å². The van der Waals surface area contributed by atoms with Gasteiger partial charge in [-0.25, -0.2) is 0 Å². The lowest BCUT2D eigenvalue weighted by Crippen LogP contribution is -2.12. The first kappa shape index (κ1) is 14.7. The van der Waals surface area contributed by atoms with E-state index in [1.165, 1.54) is 65.7 Å². The summed E-state index contributed by atoms with van der Waals surface area (Å²) in [6.45, 7) is 0. The average Bonchev–Trinajstić information content (AvgIpc) is 3.32. The van der Waals surface area contributed by atoms with Gasteiger partial charge in [-0.15, -0.1) is 11.8 Å². The molecule has 0 N–H and O–H groups in total. The van der Waals surface area contributed by atoms with Crippen molar-refractivity contribution in [3.8, 4) is 0 Å². The maximum absolute atomic E-state index is 2.47. The highest BCUT2D eigenvalue weighted by Crippen LogP contribution is 2.51. The maximum Gasteiger partial charge on any atom is 0.155 e. The monoisotopic (exact) mass is 341 g/mol. The molecule has 2 aromatic carbocycles. The number of hydrogen-bond acceptors (Lipinski definition) is 1. The van der Waals surface area contributed by atoms with Crippen molar-refractivity contribution in [3.05, 3.63) is 36.4 Å².